The number of hydrogen-bond acceptors (Lipinski definition) is 6. The van der Waals surface area contributed by atoms with E-state index in [9.17, 15) is 10.2 Å². The first kappa shape index (κ1) is 22.9. The largest absolute Gasteiger partial charge is 0.553 e. The van der Waals surface area contributed by atoms with Crippen molar-refractivity contribution < 1.29 is 29.5 Å². The molecule has 6 nitrogen and oxygen atoms in total. The van der Waals surface area contributed by atoms with Crippen LogP contribution in [0.5, 0.6) is 0 Å². The molecule has 0 heterocycles. The van der Waals surface area contributed by atoms with Crippen molar-refractivity contribution in [2.45, 2.75) is 25.0 Å². The zero-order valence-electron chi connectivity index (χ0n) is 11.8. The molecule has 2 atom stereocenters. The van der Waals surface area contributed by atoms with Gasteiger partial charge in [0.25, 0.3) is 0 Å². The number of aliphatic hydroxyl groups excluding tert-OH is 3. The molecule has 0 aromatic rings. The van der Waals surface area contributed by atoms with Crippen LogP contribution in [-0.2, 0) is 14.2 Å². The van der Waals surface area contributed by atoms with Crippen LogP contribution in [-0.4, -0.2) is 67.2 Å². The molecular weight excluding hydrogens is 507 g/mol. The predicted molar refractivity (Wildman–Crippen MR) is 67.7 cm³/mol. The summed E-state index contributed by atoms with van der Waals surface area (Å²) >= 11 is 0. The number of rotatable bonds is 12. The normalized spacial score (nSPS) is 13.3. The summed E-state index contributed by atoms with van der Waals surface area (Å²) in [5.74, 6) is 0. The average Bonchev–Trinajstić information content (AvgIpc) is 2.29. The Morgan fingerprint density at radius 3 is 2.05 bits per heavy atom. The molecule has 0 saturated carbocycles. The molecule has 0 amide bonds. The van der Waals surface area contributed by atoms with Crippen molar-refractivity contribution in [1.29, 1.82) is 0 Å². The van der Waals surface area contributed by atoms with E-state index >= 15 is 0 Å². The van der Waals surface area contributed by atoms with E-state index in [2.05, 4.69) is 11.8 Å². The Kier molecular flexibility index (Phi) is 20.2. The van der Waals surface area contributed by atoms with Crippen LogP contribution >= 0.6 is 0 Å². The molecule has 114 valence electrons. The van der Waals surface area contributed by atoms with E-state index in [1.54, 1.807) is 0 Å². The molecule has 0 radical (unpaired) electrons. The van der Waals surface area contributed by atoms with Crippen LogP contribution in [0.15, 0.2) is 0 Å². The molecule has 3 N–H and O–H groups in total. The van der Waals surface area contributed by atoms with Crippen molar-refractivity contribution >= 4 is 0 Å². The van der Waals surface area contributed by atoms with E-state index in [1.807, 2.05) is 0 Å². The summed E-state index contributed by atoms with van der Waals surface area (Å²) in [5, 5.41) is 27.1. The van der Waals surface area contributed by atoms with Crippen LogP contribution < -0.4 is 0 Å². The van der Waals surface area contributed by atoms with Gasteiger partial charge in [-0.2, -0.15) is 0 Å². The van der Waals surface area contributed by atoms with Crippen molar-refractivity contribution in [2.24, 2.45) is 0 Å². The molecule has 0 fully saturated rings. The molecule has 7 heteroatoms. The third-order valence-corrected chi connectivity index (χ3v) is 1.99. The molecule has 0 aliphatic heterocycles. The maximum Gasteiger partial charge on any atom is 0.101 e. The van der Waals surface area contributed by atoms with Gasteiger partial charge in [0.15, 0.2) is 0 Å². The van der Waals surface area contributed by atoms with Crippen molar-refractivity contribution in [3.8, 4) is 0 Å². The van der Waals surface area contributed by atoms with Crippen molar-refractivity contribution in [2.75, 3.05) is 39.6 Å². The van der Waals surface area contributed by atoms with Gasteiger partial charge < -0.3 is 37.0 Å². The van der Waals surface area contributed by atoms with Crippen molar-refractivity contribution in [3.63, 3.8) is 0 Å². The second-order valence-electron chi connectivity index (χ2n) is 3.69. The topological polar surface area (TPSA) is 88.4 Å². The molecule has 0 aliphatic carbocycles. The Bertz CT molecular complexity index is 161. The Morgan fingerprint density at radius 1 is 0.947 bits per heavy atom. The Labute approximate surface area is 109 Å². The quantitative estimate of drug-likeness (QED) is 0.238. The minimum absolute atomic E-state index is 0. The minimum atomic E-state index is -0.686. The Balaban J connectivity index is -0.00000128. The van der Waals surface area contributed by atoms with Gasteiger partial charge in [-0.15, -0.1) is 0 Å². The first-order valence-electron chi connectivity index (χ1n) is 5.70. The molecule has 0 aromatic carbocycles. The average molecular weight is 533 g/mol. The summed E-state index contributed by atoms with van der Waals surface area (Å²) in [6, 6.07) is 0. The van der Waals surface area contributed by atoms with E-state index in [4.69, 9.17) is 14.6 Å². The molecule has 0 spiro atoms. The van der Waals surface area contributed by atoms with Crippen LogP contribution in [0.3, 0.4) is 0 Å². The van der Waals surface area contributed by atoms with Gasteiger partial charge in [0.1, 0.15) is 6.10 Å². The van der Waals surface area contributed by atoms with Gasteiger partial charge in [-0.1, -0.05) is 0 Å². The Morgan fingerprint density at radius 2 is 1.53 bits per heavy atom. The maximum atomic E-state index is 9.36. The molecular formula is C12H26O6Rf-2. The number of hydrogen-bond donors (Lipinski definition) is 3. The van der Waals surface area contributed by atoms with Crippen LogP contribution in [0.4, 0.5) is 0 Å². The van der Waals surface area contributed by atoms with Crippen LogP contribution in [0.2, 0.25) is 0 Å². The molecule has 19 heavy (non-hydrogen) atoms. The van der Waals surface area contributed by atoms with Gasteiger partial charge in [-0.3, -0.25) is 0 Å². The number of aliphatic hydroxyl groups is 3. The minimum Gasteiger partial charge on any atom is -0.553 e. The predicted octanol–water partition coefficient (Wildman–Crippen LogP) is -0.228. The molecule has 0 aliphatic rings. The smallest absolute Gasteiger partial charge is 0.101 e. The third-order valence-electron chi connectivity index (χ3n) is 1.99. The van der Waals surface area contributed by atoms with Gasteiger partial charge in [0.2, 0.25) is 0 Å². The van der Waals surface area contributed by atoms with Crippen LogP contribution in [0, 0.1) is 14.5 Å². The maximum absolute atomic E-state index is 9.36. The zero-order valence-corrected chi connectivity index (χ0v) is 18.2. The summed E-state index contributed by atoms with van der Waals surface area (Å²) in [5.41, 5.74) is 0. The first-order valence-corrected chi connectivity index (χ1v) is 5.70. The van der Waals surface area contributed by atoms with Crippen LogP contribution in [0.1, 0.15) is 12.8 Å². The molecule has 0 bridgehead atoms. The zero-order chi connectivity index (χ0) is 12.9. The summed E-state index contributed by atoms with van der Waals surface area (Å²) < 4.78 is 14.7. The second-order valence-corrected chi connectivity index (χ2v) is 3.69. The fraction of sp³-hybridized carbons (Fsp3) is 0.833. The van der Waals surface area contributed by atoms with Crippen molar-refractivity contribution in [3.05, 3.63) is 14.5 Å². The van der Waals surface area contributed by atoms with Crippen molar-refractivity contribution in [1.82, 2.24) is 0 Å². The van der Waals surface area contributed by atoms with E-state index in [-0.39, 0.29) is 40.5 Å². The summed E-state index contributed by atoms with van der Waals surface area (Å²) in [4.78, 5) is 0. The summed E-state index contributed by atoms with van der Waals surface area (Å²) in [6.07, 6.45) is 0.0602. The Hall–Kier alpha value is -1.24. The van der Waals surface area contributed by atoms with E-state index < -0.39 is 12.2 Å². The second kappa shape index (κ2) is 16.8. The van der Waals surface area contributed by atoms with Gasteiger partial charge in [-0.05, 0) is 12.8 Å². The van der Waals surface area contributed by atoms with E-state index in [1.165, 1.54) is 0 Å². The molecule has 0 rings (SSSR count). The molecule has 0 aromatic heterocycles. The monoisotopic (exact) mass is 533 g/mol. The van der Waals surface area contributed by atoms with E-state index in [0.29, 0.717) is 19.4 Å². The SMILES string of the molecule is [CH2-]OCC(O)CCCOCC(O)COCCO.[CH3-].[Rf]. The van der Waals surface area contributed by atoms with Gasteiger partial charge in [-0.25, -0.2) is 7.11 Å². The summed E-state index contributed by atoms with van der Waals surface area (Å²) in [6.45, 7) is 1.18. The summed E-state index contributed by atoms with van der Waals surface area (Å²) in [7, 11) is 3.17. The third kappa shape index (κ3) is 16.8. The molecule has 2 unspecified atom stereocenters. The van der Waals surface area contributed by atoms with Crippen LogP contribution in [0.25, 0.3) is 0 Å². The number of ether oxygens (including phenoxy) is 3. The fourth-order valence-corrected chi connectivity index (χ4v) is 1.19. The van der Waals surface area contributed by atoms with E-state index in [0.717, 1.165) is 0 Å². The standard InChI is InChI=1S/C11H23O6.CH3.Rf/c1-15-7-10(13)3-2-5-16-8-11(14)9-17-6-4-12;;/h10-14H,1-9H2;1H3;/q2*-1;. The van der Waals surface area contributed by atoms with Gasteiger partial charge >= 0.3 is 0 Å². The van der Waals surface area contributed by atoms with Gasteiger partial charge in [0.05, 0.1) is 32.5 Å². The first-order chi connectivity index (χ1) is 8.20. The molecule has 0 saturated heterocycles. The van der Waals surface area contributed by atoms with Gasteiger partial charge in [0, 0.05) is 13.2 Å². The fourth-order valence-electron chi connectivity index (χ4n) is 1.19.